The number of non-ortho nitro benzene ring substituents is 1. The SMILES string of the molecule is O=C(COc1ccccc1O)N1CCN(c2cccc([N+](=O)[O-])c2)CC1. The summed E-state index contributed by atoms with van der Waals surface area (Å²) in [5.41, 5.74) is 0.828. The fourth-order valence-electron chi connectivity index (χ4n) is 2.83. The number of rotatable bonds is 5. The number of anilines is 1. The Labute approximate surface area is 150 Å². The highest BCUT2D eigenvalue weighted by atomic mass is 16.6. The summed E-state index contributed by atoms with van der Waals surface area (Å²) in [6.45, 7) is 2.04. The maximum absolute atomic E-state index is 12.3. The zero-order valence-electron chi connectivity index (χ0n) is 14.1. The van der Waals surface area contributed by atoms with Crippen LogP contribution in [0.5, 0.6) is 11.5 Å². The van der Waals surface area contributed by atoms with Crippen molar-refractivity contribution >= 4 is 17.3 Å². The Kier molecular flexibility index (Phi) is 5.21. The van der Waals surface area contributed by atoms with E-state index < -0.39 is 4.92 Å². The molecule has 1 N–H and O–H groups in total. The Morgan fingerprint density at radius 3 is 2.54 bits per heavy atom. The van der Waals surface area contributed by atoms with Crippen molar-refractivity contribution in [3.63, 3.8) is 0 Å². The number of hydrogen-bond acceptors (Lipinski definition) is 6. The average Bonchev–Trinajstić information content (AvgIpc) is 2.67. The van der Waals surface area contributed by atoms with Crippen molar-refractivity contribution in [3.05, 3.63) is 58.6 Å². The van der Waals surface area contributed by atoms with Crippen LogP contribution < -0.4 is 9.64 Å². The van der Waals surface area contributed by atoms with Crippen LogP contribution in [-0.2, 0) is 4.79 Å². The first kappa shape index (κ1) is 17.5. The van der Waals surface area contributed by atoms with E-state index in [-0.39, 0.29) is 29.7 Å². The molecule has 0 bridgehead atoms. The molecule has 0 aromatic heterocycles. The lowest BCUT2D eigenvalue weighted by Gasteiger charge is -2.36. The number of carbonyl (C=O) groups is 1. The van der Waals surface area contributed by atoms with Crippen molar-refractivity contribution in [1.29, 1.82) is 0 Å². The minimum atomic E-state index is -0.417. The molecule has 1 fully saturated rings. The van der Waals surface area contributed by atoms with Crippen LogP contribution in [-0.4, -0.2) is 53.6 Å². The number of phenolic OH excluding ortho intramolecular Hbond substituents is 1. The van der Waals surface area contributed by atoms with Gasteiger partial charge in [0.15, 0.2) is 18.1 Å². The van der Waals surface area contributed by atoms with Gasteiger partial charge in [0, 0.05) is 44.0 Å². The van der Waals surface area contributed by atoms with Crippen molar-refractivity contribution in [3.8, 4) is 11.5 Å². The number of carbonyl (C=O) groups excluding carboxylic acids is 1. The second kappa shape index (κ2) is 7.73. The van der Waals surface area contributed by atoms with Crippen molar-refractivity contribution < 1.29 is 19.6 Å². The summed E-state index contributed by atoms with van der Waals surface area (Å²) in [7, 11) is 0. The first-order valence-electron chi connectivity index (χ1n) is 8.22. The molecule has 0 radical (unpaired) electrons. The third-order valence-electron chi connectivity index (χ3n) is 4.25. The Morgan fingerprint density at radius 1 is 1.12 bits per heavy atom. The second-order valence-electron chi connectivity index (χ2n) is 5.90. The summed E-state index contributed by atoms with van der Waals surface area (Å²) < 4.78 is 5.38. The molecular formula is C18H19N3O5. The van der Waals surface area contributed by atoms with Gasteiger partial charge in [0.2, 0.25) is 0 Å². The average molecular weight is 357 g/mol. The highest BCUT2D eigenvalue weighted by molar-refractivity contribution is 5.78. The van der Waals surface area contributed by atoms with Gasteiger partial charge in [-0.2, -0.15) is 0 Å². The molecule has 8 heteroatoms. The number of para-hydroxylation sites is 2. The summed E-state index contributed by atoms with van der Waals surface area (Å²) in [4.78, 5) is 26.5. The standard InChI is InChI=1S/C18H19N3O5/c22-16-6-1-2-7-17(16)26-13-18(23)20-10-8-19(9-11-20)14-4-3-5-15(12-14)21(24)25/h1-7,12,22H,8-11,13H2. The van der Waals surface area contributed by atoms with Gasteiger partial charge in [0.05, 0.1) is 4.92 Å². The number of nitrogens with zero attached hydrogens (tertiary/aromatic N) is 3. The van der Waals surface area contributed by atoms with Crippen molar-refractivity contribution in [2.75, 3.05) is 37.7 Å². The number of hydrogen-bond donors (Lipinski definition) is 1. The lowest BCUT2D eigenvalue weighted by molar-refractivity contribution is -0.384. The van der Waals surface area contributed by atoms with Gasteiger partial charge in [0.25, 0.3) is 11.6 Å². The van der Waals surface area contributed by atoms with Gasteiger partial charge >= 0.3 is 0 Å². The monoisotopic (exact) mass is 357 g/mol. The van der Waals surface area contributed by atoms with Crippen LogP contribution in [0.2, 0.25) is 0 Å². The van der Waals surface area contributed by atoms with Crippen LogP contribution in [0, 0.1) is 10.1 Å². The van der Waals surface area contributed by atoms with Gasteiger partial charge in [-0.15, -0.1) is 0 Å². The van der Waals surface area contributed by atoms with Gasteiger partial charge < -0.3 is 19.6 Å². The largest absolute Gasteiger partial charge is 0.504 e. The highest BCUT2D eigenvalue weighted by Crippen LogP contribution is 2.25. The van der Waals surface area contributed by atoms with E-state index in [2.05, 4.69) is 0 Å². The van der Waals surface area contributed by atoms with Crippen molar-refractivity contribution in [1.82, 2.24) is 4.90 Å². The molecule has 2 aromatic carbocycles. The first-order valence-corrected chi connectivity index (χ1v) is 8.22. The highest BCUT2D eigenvalue weighted by Gasteiger charge is 2.22. The summed E-state index contributed by atoms with van der Waals surface area (Å²) >= 11 is 0. The Bertz CT molecular complexity index is 803. The number of piperazine rings is 1. The summed E-state index contributed by atoms with van der Waals surface area (Å²) in [5.74, 6) is 0.110. The molecule has 2 aromatic rings. The maximum Gasteiger partial charge on any atom is 0.271 e. The van der Waals surface area contributed by atoms with Gasteiger partial charge in [0.1, 0.15) is 0 Å². The molecule has 136 valence electrons. The number of amides is 1. The van der Waals surface area contributed by atoms with Crippen LogP contribution in [0.25, 0.3) is 0 Å². The second-order valence-corrected chi connectivity index (χ2v) is 5.90. The van der Waals surface area contributed by atoms with E-state index in [0.717, 1.165) is 5.69 Å². The van der Waals surface area contributed by atoms with Crippen LogP contribution >= 0.6 is 0 Å². The van der Waals surface area contributed by atoms with Crippen molar-refractivity contribution in [2.45, 2.75) is 0 Å². The van der Waals surface area contributed by atoms with Gasteiger partial charge in [-0.25, -0.2) is 0 Å². The number of aromatic hydroxyl groups is 1. The lowest BCUT2D eigenvalue weighted by atomic mass is 10.2. The molecule has 8 nitrogen and oxygen atoms in total. The van der Waals surface area contributed by atoms with Gasteiger partial charge in [-0.3, -0.25) is 14.9 Å². The number of ether oxygens (including phenoxy) is 1. The van der Waals surface area contributed by atoms with E-state index in [0.29, 0.717) is 26.2 Å². The van der Waals surface area contributed by atoms with E-state index in [1.165, 1.54) is 12.1 Å². The minimum Gasteiger partial charge on any atom is -0.504 e. The fourth-order valence-corrected chi connectivity index (χ4v) is 2.83. The molecule has 0 aliphatic carbocycles. The molecule has 0 unspecified atom stereocenters. The van der Waals surface area contributed by atoms with E-state index >= 15 is 0 Å². The number of nitro benzene ring substituents is 1. The quantitative estimate of drug-likeness (QED) is 0.650. The molecule has 3 rings (SSSR count). The Hall–Kier alpha value is -3.29. The molecule has 1 aliphatic rings. The smallest absolute Gasteiger partial charge is 0.271 e. The molecule has 0 spiro atoms. The minimum absolute atomic E-state index is 0.00390. The number of phenols is 1. The normalized spacial score (nSPS) is 14.2. The van der Waals surface area contributed by atoms with Gasteiger partial charge in [-0.05, 0) is 18.2 Å². The number of benzene rings is 2. The van der Waals surface area contributed by atoms with Crippen LogP contribution in [0.1, 0.15) is 0 Å². The molecule has 0 atom stereocenters. The molecule has 1 heterocycles. The predicted molar refractivity (Wildman–Crippen MR) is 95.5 cm³/mol. The van der Waals surface area contributed by atoms with Crippen LogP contribution in [0.3, 0.4) is 0 Å². The fraction of sp³-hybridized carbons (Fsp3) is 0.278. The summed E-state index contributed by atoms with van der Waals surface area (Å²) in [6, 6.07) is 13.0. The Balaban J connectivity index is 1.53. The molecule has 1 amide bonds. The molecular weight excluding hydrogens is 338 g/mol. The first-order chi connectivity index (χ1) is 12.5. The third kappa shape index (κ3) is 4.02. The van der Waals surface area contributed by atoms with E-state index in [9.17, 15) is 20.0 Å². The summed E-state index contributed by atoms with van der Waals surface area (Å²) in [5, 5.41) is 20.5. The third-order valence-corrected chi connectivity index (χ3v) is 4.25. The topological polar surface area (TPSA) is 96.2 Å². The van der Waals surface area contributed by atoms with Crippen LogP contribution in [0.4, 0.5) is 11.4 Å². The molecule has 0 saturated carbocycles. The predicted octanol–water partition coefficient (Wildman–Crippen LogP) is 2.03. The summed E-state index contributed by atoms with van der Waals surface area (Å²) in [6.07, 6.45) is 0. The van der Waals surface area contributed by atoms with E-state index in [4.69, 9.17) is 4.74 Å². The molecule has 26 heavy (non-hydrogen) atoms. The molecule has 1 aliphatic heterocycles. The Morgan fingerprint density at radius 2 is 1.85 bits per heavy atom. The van der Waals surface area contributed by atoms with E-state index in [1.807, 2.05) is 11.0 Å². The zero-order valence-corrected chi connectivity index (χ0v) is 14.1. The van der Waals surface area contributed by atoms with Crippen molar-refractivity contribution in [2.24, 2.45) is 0 Å². The maximum atomic E-state index is 12.3. The van der Waals surface area contributed by atoms with E-state index in [1.54, 1.807) is 35.2 Å². The van der Waals surface area contributed by atoms with Crippen LogP contribution in [0.15, 0.2) is 48.5 Å². The molecule has 1 saturated heterocycles. The zero-order chi connectivity index (χ0) is 18.5. The number of nitro groups is 1. The van der Waals surface area contributed by atoms with Gasteiger partial charge in [-0.1, -0.05) is 18.2 Å². The lowest BCUT2D eigenvalue weighted by Crippen LogP contribution is -2.50.